The fourth-order valence-corrected chi connectivity index (χ4v) is 2.67. The standard InChI is InChI=1S/C16H22ClN3O2/c1-2-3-14(18)16(22)20-9-8-19(15(21)11-20)10-12-4-6-13(17)7-5-12/h4-7,14H,2-3,8-11,18H2,1H3. The molecule has 2 rings (SSSR count). The second-order valence-corrected chi connectivity index (χ2v) is 6.03. The van der Waals surface area contributed by atoms with E-state index in [1.54, 1.807) is 9.80 Å². The van der Waals surface area contributed by atoms with E-state index in [1.807, 2.05) is 31.2 Å². The van der Waals surface area contributed by atoms with E-state index in [1.165, 1.54) is 0 Å². The van der Waals surface area contributed by atoms with Gasteiger partial charge in [-0.2, -0.15) is 0 Å². The summed E-state index contributed by atoms with van der Waals surface area (Å²) in [4.78, 5) is 27.7. The smallest absolute Gasteiger partial charge is 0.242 e. The lowest BCUT2D eigenvalue weighted by molar-refractivity contribution is -0.146. The third-order valence-corrected chi connectivity index (χ3v) is 4.09. The third-order valence-electron chi connectivity index (χ3n) is 3.83. The highest BCUT2D eigenvalue weighted by Gasteiger charge is 2.29. The molecule has 22 heavy (non-hydrogen) atoms. The summed E-state index contributed by atoms with van der Waals surface area (Å²) in [6.45, 7) is 3.72. The molecule has 5 nitrogen and oxygen atoms in total. The lowest BCUT2D eigenvalue weighted by atomic mass is 10.1. The van der Waals surface area contributed by atoms with Crippen LogP contribution in [0.5, 0.6) is 0 Å². The molecule has 0 spiro atoms. The molecular formula is C16H22ClN3O2. The van der Waals surface area contributed by atoms with Crippen LogP contribution in [0.3, 0.4) is 0 Å². The second kappa shape index (κ2) is 7.61. The Hall–Kier alpha value is -1.59. The molecule has 1 aliphatic rings. The number of nitrogens with zero attached hydrogens (tertiary/aromatic N) is 2. The van der Waals surface area contributed by atoms with Crippen LogP contribution >= 0.6 is 11.6 Å². The minimum atomic E-state index is -0.499. The Morgan fingerprint density at radius 3 is 2.59 bits per heavy atom. The van der Waals surface area contributed by atoms with E-state index in [9.17, 15) is 9.59 Å². The van der Waals surface area contributed by atoms with Gasteiger partial charge in [0.2, 0.25) is 11.8 Å². The van der Waals surface area contributed by atoms with Crippen molar-refractivity contribution in [3.63, 3.8) is 0 Å². The van der Waals surface area contributed by atoms with Gasteiger partial charge in [-0.15, -0.1) is 0 Å². The van der Waals surface area contributed by atoms with Gasteiger partial charge in [-0.05, 0) is 24.1 Å². The molecule has 1 fully saturated rings. The molecule has 0 aliphatic carbocycles. The summed E-state index contributed by atoms with van der Waals surface area (Å²) >= 11 is 5.86. The second-order valence-electron chi connectivity index (χ2n) is 5.60. The van der Waals surface area contributed by atoms with Crippen LogP contribution in [0.4, 0.5) is 0 Å². The van der Waals surface area contributed by atoms with Crippen LogP contribution in [0.25, 0.3) is 0 Å². The average Bonchev–Trinajstić information content (AvgIpc) is 2.51. The summed E-state index contributed by atoms with van der Waals surface area (Å²) in [6.07, 6.45) is 1.51. The first kappa shape index (κ1) is 16.8. The summed E-state index contributed by atoms with van der Waals surface area (Å²) in [5, 5.41) is 0.676. The lowest BCUT2D eigenvalue weighted by Crippen LogP contribution is -2.55. The van der Waals surface area contributed by atoms with Crippen LogP contribution in [0, 0.1) is 0 Å². The highest BCUT2D eigenvalue weighted by Crippen LogP contribution is 2.14. The molecule has 1 heterocycles. The summed E-state index contributed by atoms with van der Waals surface area (Å²) < 4.78 is 0. The maximum atomic E-state index is 12.2. The Morgan fingerprint density at radius 1 is 1.32 bits per heavy atom. The highest BCUT2D eigenvalue weighted by molar-refractivity contribution is 6.30. The number of carbonyl (C=O) groups excluding carboxylic acids is 2. The zero-order valence-electron chi connectivity index (χ0n) is 12.8. The molecule has 6 heteroatoms. The van der Waals surface area contributed by atoms with E-state index in [2.05, 4.69) is 0 Å². The first-order valence-electron chi connectivity index (χ1n) is 7.58. The number of carbonyl (C=O) groups is 2. The number of hydrogen-bond acceptors (Lipinski definition) is 3. The van der Waals surface area contributed by atoms with Gasteiger partial charge in [0.05, 0.1) is 12.6 Å². The van der Waals surface area contributed by atoms with Crippen molar-refractivity contribution in [2.24, 2.45) is 5.73 Å². The van der Waals surface area contributed by atoms with Crippen molar-refractivity contribution in [2.45, 2.75) is 32.4 Å². The molecule has 120 valence electrons. The predicted molar refractivity (Wildman–Crippen MR) is 86.3 cm³/mol. The summed E-state index contributed by atoms with van der Waals surface area (Å²) in [6, 6.07) is 6.94. The zero-order valence-corrected chi connectivity index (χ0v) is 13.6. The third kappa shape index (κ3) is 4.21. The van der Waals surface area contributed by atoms with Crippen LogP contribution in [0.2, 0.25) is 5.02 Å². The molecule has 0 saturated carbocycles. The summed E-state index contributed by atoms with van der Waals surface area (Å²) in [7, 11) is 0. The van der Waals surface area contributed by atoms with Crippen molar-refractivity contribution in [1.82, 2.24) is 9.80 Å². The molecule has 1 unspecified atom stereocenters. The Balaban J connectivity index is 1.91. The van der Waals surface area contributed by atoms with Crippen molar-refractivity contribution in [1.29, 1.82) is 0 Å². The van der Waals surface area contributed by atoms with E-state index in [0.29, 0.717) is 31.1 Å². The van der Waals surface area contributed by atoms with Gasteiger partial charge in [0, 0.05) is 24.7 Å². The van der Waals surface area contributed by atoms with E-state index in [-0.39, 0.29) is 18.4 Å². The van der Waals surface area contributed by atoms with Gasteiger partial charge in [0.25, 0.3) is 0 Å². The normalized spacial score (nSPS) is 16.8. The molecule has 0 radical (unpaired) electrons. The monoisotopic (exact) mass is 323 g/mol. The first-order chi connectivity index (χ1) is 10.5. The number of rotatable bonds is 5. The van der Waals surface area contributed by atoms with Crippen LogP contribution < -0.4 is 5.73 Å². The fourth-order valence-electron chi connectivity index (χ4n) is 2.54. The minimum Gasteiger partial charge on any atom is -0.335 e. The summed E-state index contributed by atoms with van der Waals surface area (Å²) in [5.74, 6) is -0.167. The van der Waals surface area contributed by atoms with Crippen LogP contribution in [-0.4, -0.2) is 47.3 Å². The zero-order chi connectivity index (χ0) is 16.1. The Kier molecular flexibility index (Phi) is 5.80. The number of amides is 2. The van der Waals surface area contributed by atoms with Gasteiger partial charge >= 0.3 is 0 Å². The van der Waals surface area contributed by atoms with Crippen LogP contribution in [-0.2, 0) is 16.1 Å². The summed E-state index contributed by atoms with van der Waals surface area (Å²) in [5.41, 5.74) is 6.88. The molecule has 2 N–H and O–H groups in total. The van der Waals surface area contributed by atoms with Crippen molar-refractivity contribution in [3.05, 3.63) is 34.9 Å². The maximum absolute atomic E-state index is 12.2. The van der Waals surface area contributed by atoms with Crippen LogP contribution in [0.15, 0.2) is 24.3 Å². The molecule has 0 aromatic heterocycles. The van der Waals surface area contributed by atoms with Gasteiger partial charge in [-0.1, -0.05) is 37.1 Å². The predicted octanol–water partition coefficient (Wildman–Crippen LogP) is 1.64. The van der Waals surface area contributed by atoms with E-state index >= 15 is 0 Å². The SMILES string of the molecule is CCCC(N)C(=O)N1CCN(Cc2ccc(Cl)cc2)C(=O)C1. The van der Waals surface area contributed by atoms with Crippen molar-refractivity contribution in [2.75, 3.05) is 19.6 Å². The number of piperazine rings is 1. The van der Waals surface area contributed by atoms with Crippen LogP contribution in [0.1, 0.15) is 25.3 Å². The van der Waals surface area contributed by atoms with Crippen molar-refractivity contribution < 1.29 is 9.59 Å². The van der Waals surface area contributed by atoms with Gasteiger partial charge < -0.3 is 15.5 Å². The largest absolute Gasteiger partial charge is 0.335 e. The molecule has 1 atom stereocenters. The minimum absolute atomic E-state index is 0.0433. The van der Waals surface area contributed by atoms with E-state index in [0.717, 1.165) is 12.0 Å². The quantitative estimate of drug-likeness (QED) is 0.895. The van der Waals surface area contributed by atoms with E-state index < -0.39 is 6.04 Å². The number of benzene rings is 1. The topological polar surface area (TPSA) is 66.6 Å². The molecule has 1 aliphatic heterocycles. The Morgan fingerprint density at radius 2 is 2.00 bits per heavy atom. The van der Waals surface area contributed by atoms with E-state index in [4.69, 9.17) is 17.3 Å². The number of nitrogens with two attached hydrogens (primary N) is 1. The molecule has 0 bridgehead atoms. The van der Waals surface area contributed by atoms with Crippen molar-refractivity contribution >= 4 is 23.4 Å². The lowest BCUT2D eigenvalue weighted by Gasteiger charge is -2.35. The maximum Gasteiger partial charge on any atom is 0.242 e. The van der Waals surface area contributed by atoms with Gasteiger partial charge in [0.1, 0.15) is 0 Å². The molecule has 1 aromatic carbocycles. The number of hydrogen-bond donors (Lipinski definition) is 1. The van der Waals surface area contributed by atoms with Gasteiger partial charge in [-0.25, -0.2) is 0 Å². The van der Waals surface area contributed by atoms with Gasteiger partial charge in [-0.3, -0.25) is 9.59 Å². The average molecular weight is 324 g/mol. The molecule has 1 saturated heterocycles. The fraction of sp³-hybridized carbons (Fsp3) is 0.500. The number of halogens is 1. The Labute approximate surface area is 136 Å². The Bertz CT molecular complexity index is 533. The first-order valence-corrected chi connectivity index (χ1v) is 7.95. The molecule has 1 aromatic rings. The van der Waals surface area contributed by atoms with Gasteiger partial charge in [0.15, 0.2) is 0 Å². The molecular weight excluding hydrogens is 302 g/mol. The van der Waals surface area contributed by atoms with Crippen molar-refractivity contribution in [3.8, 4) is 0 Å². The molecule has 2 amide bonds. The highest BCUT2D eigenvalue weighted by atomic mass is 35.5.